The topological polar surface area (TPSA) is 67.8 Å². The van der Waals surface area contributed by atoms with Crippen molar-refractivity contribution in [3.8, 4) is 0 Å². The number of nitrogens with one attached hydrogen (secondary N) is 1. The van der Waals surface area contributed by atoms with E-state index >= 15 is 0 Å². The summed E-state index contributed by atoms with van der Waals surface area (Å²) in [5, 5.41) is 3.76. The second-order valence-corrected chi connectivity index (χ2v) is 6.43. The van der Waals surface area contributed by atoms with Crippen LogP contribution in [-0.4, -0.2) is 24.2 Å². The summed E-state index contributed by atoms with van der Waals surface area (Å²) in [7, 11) is 0. The molecule has 0 spiro atoms. The third-order valence-electron chi connectivity index (χ3n) is 4.29. The van der Waals surface area contributed by atoms with Gasteiger partial charge in [0.15, 0.2) is 0 Å². The van der Waals surface area contributed by atoms with E-state index in [0.29, 0.717) is 23.0 Å². The summed E-state index contributed by atoms with van der Waals surface area (Å²) in [6, 6.07) is 7.93. The molecule has 1 amide bonds. The molecule has 5 nitrogen and oxygen atoms in total. The fraction of sp³-hybridized carbons (Fsp3) is 0.250. The lowest BCUT2D eigenvalue weighted by Crippen LogP contribution is -2.35. The molecule has 1 unspecified atom stereocenters. The molecule has 3 rings (SSSR count). The predicted octanol–water partition coefficient (Wildman–Crippen LogP) is 3.19. The number of dihydropyridines is 1. The maximum atomic E-state index is 12.5. The first-order valence-corrected chi connectivity index (χ1v) is 8.77. The number of nitrogens with zero attached hydrogens (tertiary/aromatic N) is 1. The third-order valence-corrected chi connectivity index (χ3v) is 4.52. The minimum Gasteiger partial charge on any atom is -0.462 e. The first-order valence-electron chi connectivity index (χ1n) is 8.39. The number of hydrogen-bond donors (Lipinski definition) is 1. The van der Waals surface area contributed by atoms with Gasteiger partial charge in [0.05, 0.1) is 18.2 Å². The number of aryl methyl sites for hydroxylation is 1. The Morgan fingerprint density at radius 3 is 2.85 bits per heavy atom. The summed E-state index contributed by atoms with van der Waals surface area (Å²) in [6.45, 7) is 4.38. The molecule has 1 aromatic rings. The number of fused-ring (bicyclic) bond motifs is 1. The van der Waals surface area contributed by atoms with Crippen LogP contribution in [0.15, 0.2) is 63.8 Å². The van der Waals surface area contributed by atoms with Crippen LogP contribution >= 0.6 is 11.6 Å². The number of aliphatic imine (C=N–C) groups is 1. The molecule has 26 heavy (non-hydrogen) atoms. The van der Waals surface area contributed by atoms with Crippen molar-refractivity contribution in [1.82, 2.24) is 5.32 Å². The van der Waals surface area contributed by atoms with Crippen molar-refractivity contribution in [1.29, 1.82) is 0 Å². The fourth-order valence-corrected chi connectivity index (χ4v) is 3.14. The summed E-state index contributed by atoms with van der Waals surface area (Å²) in [5.74, 6) is -1.61. The number of ether oxygens (including phenoxy) is 1. The van der Waals surface area contributed by atoms with E-state index in [2.05, 4.69) is 10.3 Å². The van der Waals surface area contributed by atoms with Crippen molar-refractivity contribution in [3.63, 3.8) is 0 Å². The molecule has 0 fully saturated rings. The molecule has 2 aliphatic rings. The number of carbonyl (C=O) groups is 2. The Morgan fingerprint density at radius 1 is 1.35 bits per heavy atom. The van der Waals surface area contributed by atoms with E-state index in [0.717, 1.165) is 11.1 Å². The van der Waals surface area contributed by atoms with E-state index in [1.807, 2.05) is 37.3 Å². The second kappa shape index (κ2) is 7.70. The van der Waals surface area contributed by atoms with E-state index in [-0.39, 0.29) is 18.1 Å². The van der Waals surface area contributed by atoms with Gasteiger partial charge in [-0.15, -0.1) is 0 Å². The van der Waals surface area contributed by atoms with Gasteiger partial charge in [-0.2, -0.15) is 0 Å². The zero-order valence-electron chi connectivity index (χ0n) is 14.6. The number of halogens is 1. The first kappa shape index (κ1) is 18.1. The highest BCUT2D eigenvalue weighted by atomic mass is 35.5. The van der Waals surface area contributed by atoms with Crippen LogP contribution in [0.3, 0.4) is 0 Å². The Labute approximate surface area is 157 Å². The van der Waals surface area contributed by atoms with E-state index in [1.54, 1.807) is 19.1 Å². The molecule has 0 radical (unpaired) electrons. The minimum atomic E-state index is -0.665. The molecule has 1 aliphatic heterocycles. The van der Waals surface area contributed by atoms with E-state index in [1.165, 1.54) is 0 Å². The number of esters is 1. The SMILES string of the molecule is CCOC(=O)C1=C(NCc2ccccc2C)C2C=CC(Cl)=CC2=NC1=O. The van der Waals surface area contributed by atoms with Crippen LogP contribution in [0.25, 0.3) is 0 Å². The van der Waals surface area contributed by atoms with Crippen molar-refractivity contribution in [2.24, 2.45) is 10.9 Å². The highest BCUT2D eigenvalue weighted by Crippen LogP contribution is 2.29. The molecular formula is C20H19ClN2O3. The van der Waals surface area contributed by atoms with Gasteiger partial charge in [0, 0.05) is 17.3 Å². The van der Waals surface area contributed by atoms with Crippen molar-refractivity contribution in [3.05, 3.63) is 69.9 Å². The van der Waals surface area contributed by atoms with Gasteiger partial charge >= 0.3 is 5.97 Å². The number of benzene rings is 1. The molecule has 1 aromatic carbocycles. The smallest absolute Gasteiger partial charge is 0.345 e. The zero-order valence-corrected chi connectivity index (χ0v) is 15.3. The monoisotopic (exact) mass is 370 g/mol. The van der Waals surface area contributed by atoms with Crippen molar-refractivity contribution < 1.29 is 14.3 Å². The molecule has 0 saturated heterocycles. The maximum Gasteiger partial charge on any atom is 0.345 e. The molecule has 0 bridgehead atoms. The summed E-state index contributed by atoms with van der Waals surface area (Å²) in [4.78, 5) is 28.9. The molecule has 134 valence electrons. The van der Waals surface area contributed by atoms with Gasteiger partial charge in [0.1, 0.15) is 5.57 Å². The van der Waals surface area contributed by atoms with Gasteiger partial charge in [0.25, 0.3) is 5.91 Å². The van der Waals surface area contributed by atoms with Gasteiger partial charge in [-0.3, -0.25) is 4.79 Å². The van der Waals surface area contributed by atoms with Gasteiger partial charge < -0.3 is 10.1 Å². The lowest BCUT2D eigenvalue weighted by Gasteiger charge is -2.27. The van der Waals surface area contributed by atoms with Crippen LogP contribution in [0.1, 0.15) is 18.1 Å². The number of hydrogen-bond acceptors (Lipinski definition) is 4. The minimum absolute atomic E-state index is 0.0507. The van der Waals surface area contributed by atoms with E-state index < -0.39 is 11.9 Å². The van der Waals surface area contributed by atoms with Crippen LogP contribution in [0.2, 0.25) is 0 Å². The Bertz CT molecular complexity index is 881. The highest BCUT2D eigenvalue weighted by Gasteiger charge is 2.35. The molecule has 1 atom stereocenters. The Morgan fingerprint density at radius 2 is 2.12 bits per heavy atom. The second-order valence-electron chi connectivity index (χ2n) is 6.00. The lowest BCUT2D eigenvalue weighted by molar-refractivity contribution is -0.140. The number of carbonyl (C=O) groups excluding carboxylic acids is 2. The van der Waals surface area contributed by atoms with Crippen LogP contribution < -0.4 is 5.32 Å². The molecule has 0 aromatic heterocycles. The Kier molecular flexibility index (Phi) is 5.38. The summed E-state index contributed by atoms with van der Waals surface area (Å²) in [5.41, 5.74) is 3.16. The average molecular weight is 371 g/mol. The number of rotatable bonds is 5. The third kappa shape index (κ3) is 3.63. The predicted molar refractivity (Wildman–Crippen MR) is 101 cm³/mol. The number of allylic oxidation sites excluding steroid dienone is 4. The van der Waals surface area contributed by atoms with Crippen LogP contribution in [-0.2, 0) is 20.9 Å². The molecule has 1 N–H and O–H groups in total. The lowest BCUT2D eigenvalue weighted by atomic mass is 9.88. The van der Waals surface area contributed by atoms with Crippen molar-refractivity contribution in [2.75, 3.05) is 6.61 Å². The fourth-order valence-electron chi connectivity index (χ4n) is 2.95. The first-order chi connectivity index (χ1) is 12.5. The summed E-state index contributed by atoms with van der Waals surface area (Å²) >= 11 is 6.03. The van der Waals surface area contributed by atoms with Crippen LogP contribution in [0, 0.1) is 12.8 Å². The van der Waals surface area contributed by atoms with Gasteiger partial charge in [0.2, 0.25) is 0 Å². The van der Waals surface area contributed by atoms with E-state index in [4.69, 9.17) is 16.3 Å². The van der Waals surface area contributed by atoms with Crippen molar-refractivity contribution in [2.45, 2.75) is 20.4 Å². The van der Waals surface area contributed by atoms with Gasteiger partial charge in [-0.25, -0.2) is 9.79 Å². The van der Waals surface area contributed by atoms with Gasteiger partial charge in [-0.05, 0) is 37.1 Å². The van der Waals surface area contributed by atoms with E-state index in [9.17, 15) is 9.59 Å². The van der Waals surface area contributed by atoms with Crippen LogP contribution in [0.4, 0.5) is 0 Å². The van der Waals surface area contributed by atoms with Gasteiger partial charge in [-0.1, -0.05) is 41.9 Å². The van der Waals surface area contributed by atoms with Crippen LogP contribution in [0.5, 0.6) is 0 Å². The molecular weight excluding hydrogens is 352 g/mol. The quantitative estimate of drug-likeness (QED) is 0.638. The Balaban J connectivity index is 1.97. The molecule has 6 heteroatoms. The zero-order chi connectivity index (χ0) is 18.7. The summed E-state index contributed by atoms with van der Waals surface area (Å²) < 4.78 is 5.07. The maximum absolute atomic E-state index is 12.5. The molecule has 1 aliphatic carbocycles. The standard InChI is InChI=1S/C20H19ClN2O3/c1-3-26-20(25)17-18(22-11-13-7-5-4-6-12(13)2)15-9-8-14(21)10-16(15)23-19(17)24/h4-10,15,22H,3,11H2,1-2H3. The number of amides is 1. The normalized spacial score (nSPS) is 18.9. The Hall–Kier alpha value is -2.66. The highest BCUT2D eigenvalue weighted by molar-refractivity contribution is 6.34. The largest absolute Gasteiger partial charge is 0.462 e. The summed E-state index contributed by atoms with van der Waals surface area (Å²) in [6.07, 6.45) is 5.20. The molecule has 0 saturated carbocycles. The average Bonchev–Trinajstić information content (AvgIpc) is 2.60. The molecule has 1 heterocycles. The van der Waals surface area contributed by atoms with Crippen molar-refractivity contribution >= 4 is 29.2 Å².